The fourth-order valence-electron chi connectivity index (χ4n) is 2.83. The number of halogens is 2. The molecule has 1 aliphatic rings. The minimum atomic E-state index is -0.838. The summed E-state index contributed by atoms with van der Waals surface area (Å²) >= 11 is 5.94. The van der Waals surface area contributed by atoms with Crippen molar-refractivity contribution in [3.05, 3.63) is 34.6 Å². The van der Waals surface area contributed by atoms with Gasteiger partial charge in [-0.05, 0) is 37.4 Å². The SMILES string of the molecule is CCC1(C(=O)O)CCCN1Cc1cccc(F)c1Cl. The van der Waals surface area contributed by atoms with E-state index in [9.17, 15) is 14.3 Å². The summed E-state index contributed by atoms with van der Waals surface area (Å²) in [6.07, 6.45) is 2.01. The number of carboxylic acid groups (broad SMARTS) is 1. The van der Waals surface area contributed by atoms with Gasteiger partial charge in [-0.25, -0.2) is 4.39 Å². The Morgan fingerprint density at radius 2 is 2.32 bits per heavy atom. The number of rotatable bonds is 4. The molecule has 0 spiro atoms. The monoisotopic (exact) mass is 285 g/mol. The average molecular weight is 286 g/mol. The van der Waals surface area contributed by atoms with E-state index in [1.54, 1.807) is 12.1 Å². The van der Waals surface area contributed by atoms with E-state index in [1.165, 1.54) is 6.07 Å². The first-order valence-corrected chi connectivity index (χ1v) is 6.80. The van der Waals surface area contributed by atoms with E-state index in [1.807, 2.05) is 11.8 Å². The molecule has 0 bridgehead atoms. The Morgan fingerprint density at radius 3 is 2.95 bits per heavy atom. The molecule has 104 valence electrons. The second-order valence-corrected chi connectivity index (χ2v) is 5.31. The molecule has 0 amide bonds. The molecule has 1 aromatic carbocycles. The highest BCUT2D eigenvalue weighted by Crippen LogP contribution is 2.35. The lowest BCUT2D eigenvalue weighted by Crippen LogP contribution is -2.49. The van der Waals surface area contributed by atoms with Gasteiger partial charge in [0.1, 0.15) is 11.4 Å². The van der Waals surface area contributed by atoms with E-state index in [-0.39, 0.29) is 5.02 Å². The minimum Gasteiger partial charge on any atom is -0.480 e. The van der Waals surface area contributed by atoms with E-state index in [0.29, 0.717) is 31.5 Å². The third-order valence-electron chi connectivity index (χ3n) is 4.00. The van der Waals surface area contributed by atoms with Crippen LogP contribution in [0.4, 0.5) is 4.39 Å². The fourth-order valence-corrected chi connectivity index (χ4v) is 3.02. The second-order valence-electron chi connectivity index (χ2n) is 4.93. The Kier molecular flexibility index (Phi) is 4.11. The number of carboxylic acids is 1. The molecule has 0 radical (unpaired) electrons. The predicted molar refractivity (Wildman–Crippen MR) is 71.7 cm³/mol. The van der Waals surface area contributed by atoms with Crippen molar-refractivity contribution in [3.63, 3.8) is 0 Å². The van der Waals surface area contributed by atoms with Gasteiger partial charge in [-0.1, -0.05) is 30.7 Å². The van der Waals surface area contributed by atoms with E-state index < -0.39 is 17.3 Å². The van der Waals surface area contributed by atoms with Gasteiger partial charge in [-0.15, -0.1) is 0 Å². The summed E-state index contributed by atoms with van der Waals surface area (Å²) in [4.78, 5) is 13.5. The van der Waals surface area contributed by atoms with Crippen LogP contribution in [0.25, 0.3) is 0 Å². The standard InChI is InChI=1S/C14H17ClFNO2/c1-2-14(13(18)19)7-4-8-17(14)9-10-5-3-6-11(16)12(10)15/h3,5-6H,2,4,7-9H2,1H3,(H,18,19). The van der Waals surface area contributed by atoms with Crippen molar-refractivity contribution in [2.24, 2.45) is 0 Å². The first-order valence-electron chi connectivity index (χ1n) is 6.42. The van der Waals surface area contributed by atoms with Crippen LogP contribution < -0.4 is 0 Å². The van der Waals surface area contributed by atoms with Crippen molar-refractivity contribution in [3.8, 4) is 0 Å². The molecule has 1 saturated heterocycles. The number of carbonyl (C=O) groups is 1. The molecular weight excluding hydrogens is 269 g/mol. The molecule has 0 aromatic heterocycles. The summed E-state index contributed by atoms with van der Waals surface area (Å²) in [6, 6.07) is 4.65. The van der Waals surface area contributed by atoms with E-state index in [0.717, 1.165) is 6.42 Å². The van der Waals surface area contributed by atoms with Crippen molar-refractivity contribution in [1.82, 2.24) is 4.90 Å². The number of hydrogen-bond donors (Lipinski definition) is 1. The highest BCUT2D eigenvalue weighted by Gasteiger charge is 2.46. The van der Waals surface area contributed by atoms with Crippen LogP contribution >= 0.6 is 11.6 Å². The zero-order chi connectivity index (χ0) is 14.0. The van der Waals surface area contributed by atoms with Gasteiger partial charge in [0.25, 0.3) is 0 Å². The molecule has 1 aromatic rings. The molecule has 0 saturated carbocycles. The first-order chi connectivity index (χ1) is 9.01. The van der Waals surface area contributed by atoms with Gasteiger partial charge in [0, 0.05) is 6.54 Å². The van der Waals surface area contributed by atoms with Gasteiger partial charge in [-0.2, -0.15) is 0 Å². The first kappa shape index (κ1) is 14.3. The predicted octanol–water partition coefficient (Wildman–Crippen LogP) is 3.31. The van der Waals surface area contributed by atoms with Crippen LogP contribution in [0.1, 0.15) is 31.7 Å². The van der Waals surface area contributed by atoms with Crippen molar-refractivity contribution in [1.29, 1.82) is 0 Å². The molecular formula is C14H17ClFNO2. The summed E-state index contributed by atoms with van der Waals surface area (Å²) in [5, 5.41) is 9.58. The lowest BCUT2D eigenvalue weighted by atomic mass is 9.92. The molecule has 1 N–H and O–H groups in total. The molecule has 1 heterocycles. The van der Waals surface area contributed by atoms with Crippen LogP contribution in [0, 0.1) is 5.82 Å². The number of benzene rings is 1. The normalized spacial score (nSPS) is 23.7. The van der Waals surface area contributed by atoms with Gasteiger partial charge in [0.2, 0.25) is 0 Å². The summed E-state index contributed by atoms with van der Waals surface area (Å²) in [5.74, 6) is -1.27. The second kappa shape index (κ2) is 5.47. The Bertz CT molecular complexity index is 494. The van der Waals surface area contributed by atoms with Gasteiger partial charge in [0.15, 0.2) is 0 Å². The quantitative estimate of drug-likeness (QED) is 0.923. The van der Waals surface area contributed by atoms with Crippen LogP contribution in [-0.4, -0.2) is 28.1 Å². The summed E-state index contributed by atoms with van der Waals surface area (Å²) in [5.41, 5.74) is -0.196. The fraction of sp³-hybridized carbons (Fsp3) is 0.500. The van der Waals surface area contributed by atoms with Crippen molar-refractivity contribution in [2.75, 3.05) is 6.54 Å². The van der Waals surface area contributed by atoms with Crippen LogP contribution in [0.15, 0.2) is 18.2 Å². The van der Waals surface area contributed by atoms with Crippen molar-refractivity contribution < 1.29 is 14.3 Å². The van der Waals surface area contributed by atoms with E-state index in [4.69, 9.17) is 11.6 Å². The smallest absolute Gasteiger partial charge is 0.324 e. The van der Waals surface area contributed by atoms with Crippen LogP contribution in [0.5, 0.6) is 0 Å². The van der Waals surface area contributed by atoms with Crippen LogP contribution in [0.3, 0.4) is 0 Å². The molecule has 2 rings (SSSR count). The topological polar surface area (TPSA) is 40.5 Å². The van der Waals surface area contributed by atoms with Crippen LogP contribution in [-0.2, 0) is 11.3 Å². The van der Waals surface area contributed by atoms with E-state index in [2.05, 4.69) is 0 Å². The number of nitrogens with zero attached hydrogens (tertiary/aromatic N) is 1. The van der Waals surface area contributed by atoms with Crippen molar-refractivity contribution in [2.45, 2.75) is 38.3 Å². The summed E-state index contributed by atoms with van der Waals surface area (Å²) in [6.45, 7) is 2.95. The van der Waals surface area contributed by atoms with Crippen LogP contribution in [0.2, 0.25) is 5.02 Å². The third-order valence-corrected chi connectivity index (χ3v) is 4.42. The molecule has 1 atom stereocenters. The Labute approximate surface area is 117 Å². The molecule has 1 unspecified atom stereocenters. The lowest BCUT2D eigenvalue weighted by molar-refractivity contribution is -0.150. The maximum absolute atomic E-state index is 13.4. The molecule has 3 nitrogen and oxygen atoms in total. The zero-order valence-corrected chi connectivity index (χ0v) is 11.6. The Hall–Kier alpha value is -1.13. The molecule has 0 aliphatic carbocycles. The number of likely N-dealkylation sites (tertiary alicyclic amines) is 1. The maximum Gasteiger partial charge on any atom is 0.324 e. The summed E-state index contributed by atoms with van der Waals surface area (Å²) < 4.78 is 13.4. The van der Waals surface area contributed by atoms with Gasteiger partial charge in [-0.3, -0.25) is 9.69 Å². The summed E-state index contributed by atoms with van der Waals surface area (Å²) in [7, 11) is 0. The Balaban J connectivity index is 2.27. The molecule has 5 heteroatoms. The highest BCUT2D eigenvalue weighted by atomic mass is 35.5. The third kappa shape index (κ3) is 2.47. The maximum atomic E-state index is 13.4. The molecule has 19 heavy (non-hydrogen) atoms. The van der Waals surface area contributed by atoms with Gasteiger partial charge < -0.3 is 5.11 Å². The zero-order valence-electron chi connectivity index (χ0n) is 10.8. The Morgan fingerprint density at radius 1 is 1.58 bits per heavy atom. The largest absolute Gasteiger partial charge is 0.480 e. The van der Waals surface area contributed by atoms with Gasteiger partial charge >= 0.3 is 5.97 Å². The van der Waals surface area contributed by atoms with Crippen molar-refractivity contribution >= 4 is 17.6 Å². The van der Waals surface area contributed by atoms with E-state index >= 15 is 0 Å². The molecule has 1 aliphatic heterocycles. The number of aliphatic carboxylic acids is 1. The molecule has 1 fully saturated rings. The number of hydrogen-bond acceptors (Lipinski definition) is 2. The lowest BCUT2D eigenvalue weighted by Gasteiger charge is -2.34. The average Bonchev–Trinajstić information content (AvgIpc) is 2.79. The highest BCUT2D eigenvalue weighted by molar-refractivity contribution is 6.31. The minimum absolute atomic E-state index is 0.0878. The van der Waals surface area contributed by atoms with Gasteiger partial charge in [0.05, 0.1) is 5.02 Å².